The van der Waals surface area contributed by atoms with Crippen LogP contribution in [0.4, 0.5) is 0 Å². The molecule has 1 fully saturated rings. The van der Waals surface area contributed by atoms with E-state index in [9.17, 15) is 9.90 Å². The molecule has 5 heteroatoms. The molecule has 0 bridgehead atoms. The first kappa shape index (κ1) is 19.9. The first-order chi connectivity index (χ1) is 10.6. The summed E-state index contributed by atoms with van der Waals surface area (Å²) in [4.78, 5) is 12.4. The smallest absolute Gasteiger partial charge is 0.223 e. The summed E-state index contributed by atoms with van der Waals surface area (Å²) in [5.41, 5.74) is 1.17. The Morgan fingerprint density at radius 2 is 2.09 bits per heavy atom. The second kappa shape index (κ2) is 9.91. The molecule has 0 aliphatic carbocycles. The highest BCUT2D eigenvalue weighted by molar-refractivity contribution is 5.85. The number of aliphatic hydroxyl groups excluding tert-OH is 1. The van der Waals surface area contributed by atoms with Crippen LogP contribution in [-0.4, -0.2) is 36.2 Å². The van der Waals surface area contributed by atoms with Crippen LogP contribution in [0.2, 0.25) is 0 Å². The number of benzene rings is 1. The summed E-state index contributed by atoms with van der Waals surface area (Å²) in [6, 6.07) is 10.5. The molecule has 1 aromatic carbocycles. The third-order valence-corrected chi connectivity index (χ3v) is 4.41. The van der Waals surface area contributed by atoms with Gasteiger partial charge in [0.15, 0.2) is 0 Å². The number of piperidine rings is 1. The highest BCUT2D eigenvalue weighted by Gasteiger charge is 2.25. The first-order valence-corrected chi connectivity index (χ1v) is 8.30. The normalized spacial score (nSPS) is 23.4. The van der Waals surface area contributed by atoms with Crippen LogP contribution in [-0.2, 0) is 4.79 Å². The van der Waals surface area contributed by atoms with Gasteiger partial charge in [0.05, 0.1) is 6.10 Å². The lowest BCUT2D eigenvalue weighted by atomic mass is 9.91. The van der Waals surface area contributed by atoms with E-state index in [0.29, 0.717) is 19.0 Å². The fourth-order valence-electron chi connectivity index (χ4n) is 3.21. The first-order valence-electron chi connectivity index (χ1n) is 8.30. The Morgan fingerprint density at radius 1 is 1.39 bits per heavy atom. The predicted molar refractivity (Wildman–Crippen MR) is 95.9 cm³/mol. The molecule has 4 atom stereocenters. The van der Waals surface area contributed by atoms with Crippen molar-refractivity contribution in [2.24, 2.45) is 5.92 Å². The van der Waals surface area contributed by atoms with Crippen LogP contribution in [0.3, 0.4) is 0 Å². The van der Waals surface area contributed by atoms with Crippen molar-refractivity contribution < 1.29 is 9.90 Å². The van der Waals surface area contributed by atoms with Gasteiger partial charge >= 0.3 is 0 Å². The monoisotopic (exact) mass is 340 g/mol. The van der Waals surface area contributed by atoms with Crippen molar-refractivity contribution in [3.8, 4) is 0 Å². The molecule has 0 spiro atoms. The lowest BCUT2D eigenvalue weighted by molar-refractivity contribution is -0.126. The van der Waals surface area contributed by atoms with E-state index < -0.39 is 0 Å². The van der Waals surface area contributed by atoms with E-state index in [1.54, 1.807) is 6.92 Å². The molecule has 4 nitrogen and oxygen atoms in total. The summed E-state index contributed by atoms with van der Waals surface area (Å²) >= 11 is 0. The van der Waals surface area contributed by atoms with E-state index in [4.69, 9.17) is 0 Å². The Labute approximate surface area is 145 Å². The van der Waals surface area contributed by atoms with Gasteiger partial charge in [0.25, 0.3) is 0 Å². The molecule has 2 rings (SSSR count). The summed E-state index contributed by atoms with van der Waals surface area (Å²) in [5, 5.41) is 16.2. The van der Waals surface area contributed by atoms with Crippen LogP contribution in [0, 0.1) is 5.92 Å². The maximum absolute atomic E-state index is 12.4. The number of rotatable bonds is 6. The number of amides is 1. The maximum Gasteiger partial charge on any atom is 0.223 e. The number of carbonyl (C=O) groups is 1. The molecule has 1 aliphatic rings. The summed E-state index contributed by atoms with van der Waals surface area (Å²) in [6.07, 6.45) is 2.09. The van der Waals surface area contributed by atoms with E-state index in [1.807, 2.05) is 18.2 Å². The summed E-state index contributed by atoms with van der Waals surface area (Å²) in [7, 11) is 0. The minimum atomic E-state index is -0.374. The Balaban J connectivity index is 0.00000264. The molecule has 1 aliphatic heterocycles. The summed E-state index contributed by atoms with van der Waals surface area (Å²) in [6.45, 7) is 5.42. The van der Waals surface area contributed by atoms with Crippen molar-refractivity contribution in [2.45, 2.75) is 51.2 Å². The third-order valence-electron chi connectivity index (χ3n) is 4.41. The Hall–Kier alpha value is -1.10. The highest BCUT2D eigenvalue weighted by atomic mass is 35.5. The van der Waals surface area contributed by atoms with Gasteiger partial charge in [-0.15, -0.1) is 12.4 Å². The third kappa shape index (κ3) is 6.50. The fraction of sp³-hybridized carbons (Fsp3) is 0.611. The van der Waals surface area contributed by atoms with E-state index in [1.165, 1.54) is 5.56 Å². The second-order valence-electron chi connectivity index (χ2n) is 6.51. The van der Waals surface area contributed by atoms with E-state index in [-0.39, 0.29) is 36.3 Å². The molecule has 2 unspecified atom stereocenters. The minimum Gasteiger partial charge on any atom is -0.393 e. The number of halogens is 1. The lowest BCUT2D eigenvalue weighted by Gasteiger charge is -2.28. The van der Waals surface area contributed by atoms with Crippen LogP contribution in [0.1, 0.15) is 44.6 Å². The van der Waals surface area contributed by atoms with Crippen LogP contribution < -0.4 is 10.6 Å². The number of hydrogen-bond donors (Lipinski definition) is 3. The minimum absolute atomic E-state index is 0. The largest absolute Gasteiger partial charge is 0.393 e. The van der Waals surface area contributed by atoms with Crippen molar-refractivity contribution in [3.05, 3.63) is 35.9 Å². The van der Waals surface area contributed by atoms with Crippen molar-refractivity contribution in [2.75, 3.05) is 13.1 Å². The van der Waals surface area contributed by atoms with Gasteiger partial charge in [-0.25, -0.2) is 0 Å². The number of hydrogen-bond acceptors (Lipinski definition) is 3. The number of nitrogens with one attached hydrogen (secondary N) is 2. The molecule has 1 saturated heterocycles. The van der Waals surface area contributed by atoms with Crippen LogP contribution in [0.15, 0.2) is 30.3 Å². The van der Waals surface area contributed by atoms with E-state index >= 15 is 0 Å². The average molecular weight is 341 g/mol. The van der Waals surface area contributed by atoms with Gasteiger partial charge in [-0.2, -0.15) is 0 Å². The zero-order valence-corrected chi connectivity index (χ0v) is 14.8. The molecule has 0 saturated carbocycles. The molecule has 1 aromatic rings. The molecule has 0 aromatic heterocycles. The van der Waals surface area contributed by atoms with Crippen LogP contribution in [0.25, 0.3) is 0 Å². The summed E-state index contributed by atoms with van der Waals surface area (Å²) in [5.74, 6) is 0.420. The van der Waals surface area contributed by atoms with Gasteiger partial charge in [0.2, 0.25) is 5.91 Å². The summed E-state index contributed by atoms with van der Waals surface area (Å²) < 4.78 is 0. The highest BCUT2D eigenvalue weighted by Crippen LogP contribution is 2.21. The molecule has 1 heterocycles. The molecular formula is C18H29ClN2O2. The molecule has 23 heavy (non-hydrogen) atoms. The van der Waals surface area contributed by atoms with Crippen molar-refractivity contribution in [3.63, 3.8) is 0 Å². The predicted octanol–water partition coefficient (Wildman–Crippen LogP) is 2.47. The molecule has 130 valence electrons. The van der Waals surface area contributed by atoms with Crippen LogP contribution >= 0.6 is 12.4 Å². The van der Waals surface area contributed by atoms with Crippen molar-refractivity contribution in [1.29, 1.82) is 0 Å². The fourth-order valence-corrected chi connectivity index (χ4v) is 3.21. The van der Waals surface area contributed by atoms with Crippen LogP contribution in [0.5, 0.6) is 0 Å². The second-order valence-corrected chi connectivity index (χ2v) is 6.51. The van der Waals surface area contributed by atoms with Gasteiger partial charge in [0.1, 0.15) is 0 Å². The van der Waals surface area contributed by atoms with Gasteiger partial charge in [0, 0.05) is 24.4 Å². The quantitative estimate of drug-likeness (QED) is 0.745. The molecule has 1 amide bonds. The van der Waals surface area contributed by atoms with E-state index in [2.05, 4.69) is 29.7 Å². The van der Waals surface area contributed by atoms with Gasteiger partial charge in [-0.1, -0.05) is 30.3 Å². The SMILES string of the molecule is CC(O)CC(CNC(=O)[C@H]1CCN[C@@H](C)C1)c1ccccc1.Cl. The Kier molecular flexibility index (Phi) is 8.59. The van der Waals surface area contributed by atoms with Gasteiger partial charge in [-0.05, 0) is 45.2 Å². The van der Waals surface area contributed by atoms with E-state index in [0.717, 1.165) is 19.4 Å². The van der Waals surface area contributed by atoms with Gasteiger partial charge in [-0.3, -0.25) is 4.79 Å². The maximum atomic E-state index is 12.4. The average Bonchev–Trinajstić information content (AvgIpc) is 2.51. The standard InChI is InChI=1S/C18H28N2O2.ClH/c1-13-10-16(8-9-19-13)18(22)20-12-17(11-14(2)21)15-6-4-3-5-7-15;/h3-7,13-14,16-17,19,21H,8-12H2,1-2H3,(H,20,22);1H/t13-,14?,16-,17?;/m0./s1. The zero-order valence-electron chi connectivity index (χ0n) is 14.0. The zero-order chi connectivity index (χ0) is 15.9. The number of aliphatic hydroxyl groups is 1. The Bertz CT molecular complexity index is 467. The van der Waals surface area contributed by atoms with Gasteiger partial charge < -0.3 is 15.7 Å². The van der Waals surface area contributed by atoms with Crippen molar-refractivity contribution >= 4 is 18.3 Å². The lowest BCUT2D eigenvalue weighted by Crippen LogP contribution is -2.43. The number of carbonyl (C=O) groups excluding carboxylic acids is 1. The molecule has 3 N–H and O–H groups in total. The Morgan fingerprint density at radius 3 is 2.70 bits per heavy atom. The molecule has 0 radical (unpaired) electrons. The topological polar surface area (TPSA) is 61.4 Å². The molecular weight excluding hydrogens is 312 g/mol. The van der Waals surface area contributed by atoms with Crippen molar-refractivity contribution in [1.82, 2.24) is 10.6 Å².